The van der Waals surface area contributed by atoms with E-state index in [0.29, 0.717) is 40.0 Å². The van der Waals surface area contributed by atoms with Crippen LogP contribution < -0.4 is 14.8 Å². The van der Waals surface area contributed by atoms with Crippen LogP contribution >= 0.6 is 35.6 Å². The highest BCUT2D eigenvalue weighted by Gasteiger charge is 2.32. The number of morpholine rings is 1. The summed E-state index contributed by atoms with van der Waals surface area (Å²) in [6.07, 6.45) is 4.03. The van der Waals surface area contributed by atoms with Crippen molar-refractivity contribution in [1.29, 1.82) is 0 Å². The summed E-state index contributed by atoms with van der Waals surface area (Å²) in [5.74, 6) is 1.87. The average molecular weight is 512 g/mol. The first kappa shape index (κ1) is 24.1. The fourth-order valence-corrected chi connectivity index (χ4v) is 4.61. The third-order valence-electron chi connectivity index (χ3n) is 5.99. The quantitative estimate of drug-likeness (QED) is 0.478. The first-order valence-corrected chi connectivity index (χ1v) is 11.4. The lowest BCUT2D eigenvalue weighted by Crippen LogP contribution is -2.48. The van der Waals surface area contributed by atoms with Crippen molar-refractivity contribution >= 4 is 58.0 Å². The van der Waals surface area contributed by atoms with Crippen molar-refractivity contribution in [2.75, 3.05) is 38.7 Å². The average Bonchev–Trinajstić information content (AvgIpc) is 3.27. The Morgan fingerprint density at radius 1 is 1.15 bits per heavy atom. The second-order valence-corrected chi connectivity index (χ2v) is 8.87. The van der Waals surface area contributed by atoms with Gasteiger partial charge in [-0.1, -0.05) is 23.2 Å². The Morgan fingerprint density at radius 2 is 2.03 bits per heavy atom. The minimum Gasteiger partial charge on any atom is -0.493 e. The first-order valence-electron chi connectivity index (χ1n) is 10.6. The number of nitrogens with one attached hydrogen (secondary N) is 1. The summed E-state index contributed by atoms with van der Waals surface area (Å²) in [7, 11) is 1.62. The molecule has 0 bridgehead atoms. The first-order chi connectivity index (χ1) is 15.6. The van der Waals surface area contributed by atoms with Gasteiger partial charge in [-0.3, -0.25) is 4.90 Å². The highest BCUT2D eigenvalue weighted by molar-refractivity contribution is 6.42. The minimum absolute atomic E-state index is 0. The van der Waals surface area contributed by atoms with Gasteiger partial charge in [0.25, 0.3) is 0 Å². The third kappa shape index (κ3) is 5.23. The second-order valence-electron chi connectivity index (χ2n) is 8.05. The van der Waals surface area contributed by atoms with Crippen LogP contribution in [0.4, 0.5) is 11.5 Å². The Bertz CT molecular complexity index is 1130. The maximum Gasteiger partial charge on any atom is 0.163 e. The lowest BCUT2D eigenvalue weighted by molar-refractivity contribution is -0.0655. The van der Waals surface area contributed by atoms with Gasteiger partial charge < -0.3 is 19.5 Å². The molecule has 3 aromatic rings. The number of benzene rings is 2. The fourth-order valence-electron chi connectivity index (χ4n) is 4.32. The van der Waals surface area contributed by atoms with Crippen molar-refractivity contribution in [1.82, 2.24) is 14.9 Å². The van der Waals surface area contributed by atoms with Crippen LogP contribution in [-0.4, -0.2) is 60.4 Å². The van der Waals surface area contributed by atoms with Crippen LogP contribution in [0.1, 0.15) is 12.8 Å². The summed E-state index contributed by atoms with van der Waals surface area (Å²) in [6, 6.07) is 9.65. The van der Waals surface area contributed by atoms with Crippen molar-refractivity contribution in [2.24, 2.45) is 0 Å². The van der Waals surface area contributed by atoms with Crippen molar-refractivity contribution in [2.45, 2.75) is 25.0 Å². The van der Waals surface area contributed by atoms with Gasteiger partial charge in [-0.05, 0) is 43.7 Å². The lowest BCUT2D eigenvalue weighted by Gasteiger charge is -2.35. The molecule has 0 spiro atoms. The molecule has 10 heteroatoms. The van der Waals surface area contributed by atoms with Crippen molar-refractivity contribution in [3.63, 3.8) is 0 Å². The van der Waals surface area contributed by atoms with Gasteiger partial charge >= 0.3 is 0 Å². The topological polar surface area (TPSA) is 68.7 Å². The van der Waals surface area contributed by atoms with E-state index in [0.717, 1.165) is 36.3 Å². The minimum atomic E-state index is 0. The number of halogens is 3. The molecule has 7 nitrogen and oxygen atoms in total. The standard InChI is InChI=1S/C23H24Cl2N4O3.ClH/c1-30-21-8-17-20(26-13-27-23(17)28-14-4-5-18(24)19(25)7-14)9-22(21)32-12-16-10-29-6-2-3-15(29)11-31-16;/h4-5,7-9,13,15-16H,2-3,6,10-12H2,1H3,(H,26,27,28);1H. The number of anilines is 2. The largest absolute Gasteiger partial charge is 0.493 e. The molecule has 2 atom stereocenters. The molecule has 0 saturated carbocycles. The SMILES string of the molecule is COc1cc2c(Nc3ccc(Cl)c(Cl)c3)ncnc2cc1OCC1CN2CCCC2CO1.Cl. The second kappa shape index (κ2) is 10.5. The fraction of sp³-hybridized carbons (Fsp3) is 0.391. The van der Waals surface area contributed by atoms with Crippen LogP contribution in [-0.2, 0) is 4.74 Å². The van der Waals surface area contributed by atoms with Gasteiger partial charge in [-0.15, -0.1) is 12.4 Å². The Balaban J connectivity index is 0.00000259. The predicted octanol–water partition coefficient (Wildman–Crippen LogP) is 5.35. The molecule has 176 valence electrons. The maximum absolute atomic E-state index is 6.14. The molecule has 0 amide bonds. The van der Waals surface area contributed by atoms with Gasteiger partial charge in [-0.25, -0.2) is 9.97 Å². The van der Waals surface area contributed by atoms with Gasteiger partial charge in [0.15, 0.2) is 11.5 Å². The summed E-state index contributed by atoms with van der Waals surface area (Å²) in [5.41, 5.74) is 1.51. The molecule has 2 aromatic carbocycles. The van der Waals surface area contributed by atoms with E-state index in [2.05, 4.69) is 20.2 Å². The molecule has 2 unspecified atom stereocenters. The van der Waals surface area contributed by atoms with Gasteiger partial charge in [0.1, 0.15) is 24.9 Å². The van der Waals surface area contributed by atoms with Crippen LogP contribution in [0.15, 0.2) is 36.7 Å². The Hall–Kier alpha value is -2.03. The van der Waals surface area contributed by atoms with E-state index in [9.17, 15) is 0 Å². The molecule has 5 rings (SSSR count). The van der Waals surface area contributed by atoms with Gasteiger partial charge in [-0.2, -0.15) is 0 Å². The normalized spacial score (nSPS) is 20.2. The molecular formula is C23H25Cl3N4O3. The van der Waals surface area contributed by atoms with Crippen LogP contribution in [0.25, 0.3) is 10.9 Å². The molecule has 2 saturated heterocycles. The molecule has 33 heavy (non-hydrogen) atoms. The van der Waals surface area contributed by atoms with E-state index in [1.54, 1.807) is 19.2 Å². The van der Waals surface area contributed by atoms with Crippen molar-refractivity contribution < 1.29 is 14.2 Å². The van der Waals surface area contributed by atoms with Crippen molar-refractivity contribution in [3.8, 4) is 11.5 Å². The highest BCUT2D eigenvalue weighted by atomic mass is 35.5. The lowest BCUT2D eigenvalue weighted by atomic mass is 10.2. The summed E-state index contributed by atoms with van der Waals surface area (Å²) >= 11 is 12.2. The monoisotopic (exact) mass is 510 g/mol. The van der Waals surface area contributed by atoms with E-state index >= 15 is 0 Å². The van der Waals surface area contributed by atoms with Crippen LogP contribution in [0.2, 0.25) is 10.0 Å². The molecule has 3 heterocycles. The Morgan fingerprint density at radius 3 is 2.85 bits per heavy atom. The van der Waals surface area contributed by atoms with E-state index < -0.39 is 0 Å². The summed E-state index contributed by atoms with van der Waals surface area (Å²) < 4.78 is 17.7. The zero-order chi connectivity index (χ0) is 22.1. The predicted molar refractivity (Wildman–Crippen MR) is 133 cm³/mol. The summed E-state index contributed by atoms with van der Waals surface area (Å²) in [5, 5.41) is 5.04. The number of rotatable bonds is 6. The van der Waals surface area contributed by atoms with Crippen LogP contribution in [0.5, 0.6) is 11.5 Å². The Kier molecular flexibility index (Phi) is 7.66. The smallest absolute Gasteiger partial charge is 0.163 e. The van der Waals surface area contributed by atoms with Gasteiger partial charge in [0, 0.05) is 29.7 Å². The van der Waals surface area contributed by atoms with Crippen LogP contribution in [0.3, 0.4) is 0 Å². The Labute approximate surface area is 208 Å². The molecule has 2 aliphatic rings. The van der Waals surface area contributed by atoms with Crippen molar-refractivity contribution in [3.05, 3.63) is 46.7 Å². The highest BCUT2D eigenvalue weighted by Crippen LogP contribution is 2.36. The summed E-state index contributed by atoms with van der Waals surface area (Å²) in [4.78, 5) is 11.3. The summed E-state index contributed by atoms with van der Waals surface area (Å²) in [6.45, 7) is 3.29. The number of nitrogens with zero attached hydrogens (tertiary/aromatic N) is 3. The zero-order valence-electron chi connectivity index (χ0n) is 18.1. The zero-order valence-corrected chi connectivity index (χ0v) is 20.4. The number of methoxy groups -OCH3 is 1. The number of hydrogen-bond donors (Lipinski definition) is 1. The molecule has 0 aliphatic carbocycles. The van der Waals surface area contributed by atoms with E-state index in [1.807, 2.05) is 18.2 Å². The maximum atomic E-state index is 6.14. The van der Waals surface area contributed by atoms with Crippen LogP contribution in [0, 0.1) is 0 Å². The van der Waals surface area contributed by atoms with E-state index in [1.165, 1.54) is 19.2 Å². The van der Waals surface area contributed by atoms with E-state index in [4.69, 9.17) is 37.4 Å². The molecule has 0 radical (unpaired) electrons. The van der Waals surface area contributed by atoms with E-state index in [-0.39, 0.29) is 18.5 Å². The molecule has 1 aromatic heterocycles. The number of hydrogen-bond acceptors (Lipinski definition) is 7. The number of aromatic nitrogens is 2. The molecule has 2 fully saturated rings. The van der Waals surface area contributed by atoms with Gasteiger partial charge in [0.2, 0.25) is 0 Å². The molecule has 2 aliphatic heterocycles. The molecular weight excluding hydrogens is 487 g/mol. The third-order valence-corrected chi connectivity index (χ3v) is 6.73. The number of fused-ring (bicyclic) bond motifs is 2. The molecule has 1 N–H and O–H groups in total. The van der Waals surface area contributed by atoms with Gasteiger partial charge in [0.05, 0.1) is 29.3 Å². The number of ether oxygens (including phenoxy) is 3.